The van der Waals surface area contributed by atoms with Crippen molar-refractivity contribution in [3.05, 3.63) is 63.7 Å². The second-order valence-corrected chi connectivity index (χ2v) is 6.59. The van der Waals surface area contributed by atoms with Gasteiger partial charge < -0.3 is 5.11 Å². The first-order valence-corrected chi connectivity index (χ1v) is 8.62. The molecule has 1 N–H and O–H groups in total. The van der Waals surface area contributed by atoms with E-state index < -0.39 is 22.1 Å². The lowest BCUT2D eigenvalue weighted by atomic mass is 9.89. The number of nitrogens with zero attached hydrogens (tertiary/aromatic N) is 1. The van der Waals surface area contributed by atoms with Crippen LogP contribution in [0.1, 0.15) is 52.8 Å². The molecule has 0 amide bonds. The number of aromatic carboxylic acids is 1. The number of nitro groups is 1. The molecule has 6 nitrogen and oxygen atoms in total. The second kappa shape index (κ2) is 7.47. The predicted molar refractivity (Wildman–Crippen MR) is 96.4 cm³/mol. The standard InChI is InChI=1S/C20H19NO5/c22-17(12-13-6-4-5-7-13)18-15(14-8-2-1-3-9-14)10-11-16(20(23)24)19(18)21(25)26/h1-3,8-11,13H,4-7,12H2,(H,23,24). The zero-order chi connectivity index (χ0) is 18.7. The van der Waals surface area contributed by atoms with Crippen LogP contribution in [0.4, 0.5) is 5.69 Å². The Balaban J connectivity index is 2.18. The second-order valence-electron chi connectivity index (χ2n) is 6.59. The first-order chi connectivity index (χ1) is 12.5. The molecule has 1 aliphatic carbocycles. The summed E-state index contributed by atoms with van der Waals surface area (Å²) in [5.41, 5.74) is -0.0908. The van der Waals surface area contributed by atoms with E-state index in [1.54, 1.807) is 24.3 Å². The molecule has 134 valence electrons. The summed E-state index contributed by atoms with van der Waals surface area (Å²) in [6.45, 7) is 0. The lowest BCUT2D eigenvalue weighted by Crippen LogP contribution is -2.13. The third kappa shape index (κ3) is 3.49. The summed E-state index contributed by atoms with van der Waals surface area (Å²) >= 11 is 0. The highest BCUT2D eigenvalue weighted by molar-refractivity contribution is 6.09. The smallest absolute Gasteiger partial charge is 0.342 e. The van der Waals surface area contributed by atoms with Gasteiger partial charge in [0.2, 0.25) is 0 Å². The van der Waals surface area contributed by atoms with Gasteiger partial charge in [-0.15, -0.1) is 0 Å². The van der Waals surface area contributed by atoms with E-state index in [9.17, 15) is 24.8 Å². The molecule has 0 bridgehead atoms. The van der Waals surface area contributed by atoms with Gasteiger partial charge in [0, 0.05) is 6.42 Å². The minimum atomic E-state index is -1.41. The molecule has 2 aromatic carbocycles. The van der Waals surface area contributed by atoms with E-state index in [1.165, 1.54) is 12.1 Å². The van der Waals surface area contributed by atoms with Crippen LogP contribution < -0.4 is 0 Å². The minimum Gasteiger partial charge on any atom is -0.477 e. The lowest BCUT2D eigenvalue weighted by Gasteiger charge is -2.14. The van der Waals surface area contributed by atoms with Crippen LogP contribution in [0.3, 0.4) is 0 Å². The molecule has 0 heterocycles. The Labute approximate surface area is 150 Å². The first kappa shape index (κ1) is 17.8. The number of Topliss-reactive ketones (excluding diaryl/α,β-unsaturated/α-hetero) is 1. The fourth-order valence-electron chi connectivity index (χ4n) is 3.67. The van der Waals surface area contributed by atoms with E-state index >= 15 is 0 Å². The van der Waals surface area contributed by atoms with E-state index in [0.29, 0.717) is 11.1 Å². The van der Waals surface area contributed by atoms with Gasteiger partial charge in [-0.1, -0.05) is 62.1 Å². The SMILES string of the molecule is O=C(O)c1ccc(-c2ccccc2)c(C(=O)CC2CCCC2)c1[N+](=O)[O-]. The Kier molecular flexibility index (Phi) is 5.11. The van der Waals surface area contributed by atoms with Crippen LogP contribution in [0.25, 0.3) is 11.1 Å². The van der Waals surface area contributed by atoms with Gasteiger partial charge in [0.15, 0.2) is 5.78 Å². The van der Waals surface area contributed by atoms with E-state index in [-0.39, 0.29) is 23.7 Å². The van der Waals surface area contributed by atoms with Crippen molar-refractivity contribution in [2.45, 2.75) is 32.1 Å². The third-order valence-electron chi connectivity index (χ3n) is 4.90. The average Bonchev–Trinajstić information content (AvgIpc) is 3.13. The molecular weight excluding hydrogens is 334 g/mol. The Morgan fingerprint density at radius 1 is 1.08 bits per heavy atom. The number of nitro benzene ring substituents is 1. The molecule has 0 aromatic heterocycles. The van der Waals surface area contributed by atoms with Gasteiger partial charge in [-0.25, -0.2) is 4.79 Å². The van der Waals surface area contributed by atoms with Gasteiger partial charge in [0.1, 0.15) is 11.1 Å². The number of carbonyl (C=O) groups is 2. The molecule has 0 radical (unpaired) electrons. The molecule has 1 fully saturated rings. The zero-order valence-electron chi connectivity index (χ0n) is 14.2. The van der Waals surface area contributed by atoms with Crippen LogP contribution in [-0.2, 0) is 0 Å². The van der Waals surface area contributed by atoms with Crippen molar-refractivity contribution in [2.75, 3.05) is 0 Å². The fraction of sp³-hybridized carbons (Fsp3) is 0.300. The molecule has 3 rings (SSSR count). The highest BCUT2D eigenvalue weighted by Gasteiger charge is 2.32. The maximum atomic E-state index is 13.0. The number of benzene rings is 2. The number of carbonyl (C=O) groups excluding carboxylic acids is 1. The summed E-state index contributed by atoms with van der Waals surface area (Å²) in [5.74, 6) is -1.56. The van der Waals surface area contributed by atoms with Crippen LogP contribution in [0.5, 0.6) is 0 Å². The molecular formula is C20H19NO5. The molecule has 0 spiro atoms. The Bertz CT molecular complexity index is 854. The molecule has 1 aliphatic rings. The van der Waals surface area contributed by atoms with E-state index in [0.717, 1.165) is 25.7 Å². The van der Waals surface area contributed by atoms with Crippen LogP contribution >= 0.6 is 0 Å². The van der Waals surface area contributed by atoms with E-state index in [1.807, 2.05) is 6.07 Å². The summed E-state index contributed by atoms with van der Waals surface area (Å²) in [5, 5.41) is 21.0. The molecule has 1 saturated carbocycles. The number of rotatable bonds is 6. The van der Waals surface area contributed by atoms with E-state index in [4.69, 9.17) is 0 Å². The Morgan fingerprint density at radius 3 is 2.31 bits per heavy atom. The predicted octanol–water partition coefficient (Wildman–Crippen LogP) is 4.72. The molecule has 26 heavy (non-hydrogen) atoms. The normalized spacial score (nSPS) is 14.3. The molecule has 0 saturated heterocycles. The Morgan fingerprint density at radius 2 is 1.73 bits per heavy atom. The number of hydrogen-bond donors (Lipinski definition) is 1. The molecule has 6 heteroatoms. The number of hydrogen-bond acceptors (Lipinski definition) is 4. The third-order valence-corrected chi connectivity index (χ3v) is 4.90. The van der Waals surface area contributed by atoms with Gasteiger partial charge in [0.25, 0.3) is 5.69 Å². The van der Waals surface area contributed by atoms with Crippen molar-refractivity contribution in [3.63, 3.8) is 0 Å². The van der Waals surface area contributed by atoms with Crippen molar-refractivity contribution in [2.24, 2.45) is 5.92 Å². The summed E-state index contributed by atoms with van der Waals surface area (Å²) in [6.07, 6.45) is 4.18. The summed E-state index contributed by atoms with van der Waals surface area (Å²) in [7, 11) is 0. The van der Waals surface area contributed by atoms with Crippen LogP contribution in [-0.4, -0.2) is 21.8 Å². The largest absolute Gasteiger partial charge is 0.477 e. The highest BCUT2D eigenvalue weighted by Crippen LogP contribution is 2.37. The summed E-state index contributed by atoms with van der Waals surface area (Å²) < 4.78 is 0. The van der Waals surface area contributed by atoms with Crippen molar-refractivity contribution < 1.29 is 19.6 Å². The Hall–Kier alpha value is -3.02. The maximum Gasteiger partial charge on any atom is 0.342 e. The number of carboxylic acid groups (broad SMARTS) is 1. The lowest BCUT2D eigenvalue weighted by molar-refractivity contribution is -0.385. The van der Waals surface area contributed by atoms with Crippen LogP contribution in [0, 0.1) is 16.0 Å². The minimum absolute atomic E-state index is 0.0898. The molecule has 0 aliphatic heterocycles. The van der Waals surface area contributed by atoms with Gasteiger partial charge in [-0.2, -0.15) is 0 Å². The van der Waals surface area contributed by atoms with Crippen molar-refractivity contribution in [3.8, 4) is 11.1 Å². The van der Waals surface area contributed by atoms with Crippen molar-refractivity contribution >= 4 is 17.4 Å². The molecule has 0 atom stereocenters. The molecule has 2 aromatic rings. The summed E-state index contributed by atoms with van der Waals surface area (Å²) in [4.78, 5) is 35.4. The van der Waals surface area contributed by atoms with Crippen LogP contribution in [0.15, 0.2) is 42.5 Å². The average molecular weight is 353 g/mol. The maximum absolute atomic E-state index is 13.0. The van der Waals surface area contributed by atoms with Gasteiger partial charge in [-0.05, 0) is 23.1 Å². The van der Waals surface area contributed by atoms with Crippen molar-refractivity contribution in [1.29, 1.82) is 0 Å². The fourth-order valence-corrected chi connectivity index (χ4v) is 3.67. The number of carboxylic acids is 1. The quantitative estimate of drug-likeness (QED) is 0.460. The number of ketones is 1. The highest BCUT2D eigenvalue weighted by atomic mass is 16.6. The molecule has 0 unspecified atom stereocenters. The van der Waals surface area contributed by atoms with Gasteiger partial charge in [-0.3, -0.25) is 14.9 Å². The van der Waals surface area contributed by atoms with Gasteiger partial charge >= 0.3 is 5.97 Å². The topological polar surface area (TPSA) is 97.5 Å². The zero-order valence-corrected chi connectivity index (χ0v) is 14.2. The summed E-state index contributed by atoms with van der Waals surface area (Å²) in [6, 6.07) is 11.6. The first-order valence-electron chi connectivity index (χ1n) is 8.62. The van der Waals surface area contributed by atoms with Gasteiger partial charge in [0.05, 0.1) is 4.92 Å². The monoisotopic (exact) mass is 353 g/mol. The van der Waals surface area contributed by atoms with Crippen molar-refractivity contribution in [1.82, 2.24) is 0 Å². The van der Waals surface area contributed by atoms with E-state index in [2.05, 4.69) is 0 Å². The van der Waals surface area contributed by atoms with Crippen LogP contribution in [0.2, 0.25) is 0 Å².